The predicted molar refractivity (Wildman–Crippen MR) is 234 cm³/mol. The molecule has 4 heteroatoms. The number of hydrogen-bond acceptors (Lipinski definition) is 0. The van der Waals surface area contributed by atoms with E-state index in [-0.39, 0.29) is 25.7 Å². The van der Waals surface area contributed by atoms with Gasteiger partial charge >= 0.3 is 37.9 Å². The Morgan fingerprint density at radius 3 is 1.42 bits per heavy atom. The molecule has 0 N–H and O–H groups in total. The van der Waals surface area contributed by atoms with Crippen LogP contribution in [0, 0.1) is 56.3 Å². The minimum absolute atomic E-state index is 0. The summed E-state index contributed by atoms with van der Waals surface area (Å²) in [5.74, 6) is 4.95. The van der Waals surface area contributed by atoms with Crippen molar-refractivity contribution in [3.8, 4) is 0 Å². The molecule has 0 amide bonds. The molecule has 6 rings (SSSR count). The summed E-state index contributed by atoms with van der Waals surface area (Å²) in [4.78, 5) is 0. The molecule has 0 aromatic heterocycles. The van der Waals surface area contributed by atoms with Crippen LogP contribution >= 0.6 is 17.0 Å². The number of benzene rings is 2. The Kier molecular flexibility index (Phi) is 16.0. The molecule has 0 heterocycles. The summed E-state index contributed by atoms with van der Waals surface area (Å²) < 4.78 is 0. The van der Waals surface area contributed by atoms with Crippen LogP contribution in [0.25, 0.3) is 11.1 Å². The van der Waals surface area contributed by atoms with Gasteiger partial charge in [-0.3, -0.25) is 0 Å². The van der Waals surface area contributed by atoms with Gasteiger partial charge in [0.15, 0.2) is 0 Å². The zero-order chi connectivity index (χ0) is 36.6. The van der Waals surface area contributed by atoms with E-state index >= 15 is 0 Å². The topological polar surface area (TPSA) is 0 Å². The second kappa shape index (κ2) is 18.4. The zero-order valence-electron chi connectivity index (χ0n) is 34.9. The SMILES string of the molecule is CC[Si](CC)(C1C(C)CC2C(c3ccc(C(C)(C)C)cc3)=CC=CC21)C1C2C=CC=C(c3ccc(C(C)(C)C)cc3)C2CC1C(C)C.[CH3-].[CH3-].[Cl][Zr+2][Cl]. The zero-order valence-corrected chi connectivity index (χ0v) is 39.8. The Hall–Kier alpha value is -0.920. The van der Waals surface area contributed by atoms with E-state index in [0.717, 1.165) is 28.8 Å². The summed E-state index contributed by atoms with van der Waals surface area (Å²) in [5, 5.41) is 0. The van der Waals surface area contributed by atoms with E-state index in [0.29, 0.717) is 23.7 Å². The molecule has 52 heavy (non-hydrogen) atoms. The van der Waals surface area contributed by atoms with E-state index in [9.17, 15) is 0 Å². The van der Waals surface area contributed by atoms with Crippen molar-refractivity contribution in [3.63, 3.8) is 0 Å². The molecule has 0 saturated heterocycles. The second-order valence-electron chi connectivity index (χ2n) is 18.5. The fourth-order valence-electron chi connectivity index (χ4n) is 11.3. The van der Waals surface area contributed by atoms with E-state index in [1.807, 2.05) is 0 Å². The maximum absolute atomic E-state index is 4.93. The predicted octanol–water partition coefficient (Wildman–Crippen LogP) is 15.6. The van der Waals surface area contributed by atoms with Crippen molar-refractivity contribution >= 4 is 36.2 Å². The van der Waals surface area contributed by atoms with Crippen molar-refractivity contribution in [1.82, 2.24) is 0 Å². The third-order valence-corrected chi connectivity index (χ3v) is 20.7. The quantitative estimate of drug-likeness (QED) is 0.193. The van der Waals surface area contributed by atoms with Crippen LogP contribution in [0.3, 0.4) is 0 Å². The summed E-state index contributed by atoms with van der Waals surface area (Å²) in [6.07, 6.45) is 17.9. The number of hydrogen-bond donors (Lipinski definition) is 0. The summed E-state index contributed by atoms with van der Waals surface area (Å²) in [6, 6.07) is 22.1. The molecule has 2 fully saturated rings. The maximum atomic E-state index is 4.93. The number of halogens is 2. The molecule has 0 radical (unpaired) electrons. The third kappa shape index (κ3) is 8.87. The first-order chi connectivity index (χ1) is 23.6. The standard InChI is InChI=1S/C46H64Si.2CH3.2ClH.Zr/c1-12-47(13-2,43-31(5)28-41-36(16-14-18-38(41)43)32-20-24-34(25-21-32)45(6,7)8)44-39-19-15-17-37(42(39)29-40(44)30(3)4)33-22-26-35(27-23-33)46(9,10)11;;;;;/h14-27,30-31,38-44H,12-13,28-29H2,1-11H3;2*1H3;2*1H;/q;2*-1;;;+4/p-2. The average molecular weight is 837 g/mol. The minimum atomic E-state index is -1.77. The van der Waals surface area contributed by atoms with Crippen molar-refractivity contribution in [1.29, 1.82) is 0 Å². The molecule has 2 aromatic carbocycles. The second-order valence-corrected chi connectivity index (χ2v) is 27.4. The molecular weight excluding hydrogens is 767 g/mol. The van der Waals surface area contributed by atoms with Gasteiger partial charge in [0.2, 0.25) is 0 Å². The molecule has 4 aliphatic rings. The average Bonchev–Trinajstić information content (AvgIpc) is 3.64. The van der Waals surface area contributed by atoms with Crippen LogP contribution in [0.1, 0.15) is 111 Å². The van der Waals surface area contributed by atoms with E-state index in [2.05, 4.69) is 161 Å². The first-order valence-electron chi connectivity index (χ1n) is 19.6. The fraction of sp³-hybridized carbons (Fsp3) is 0.542. The summed E-state index contributed by atoms with van der Waals surface area (Å²) >= 11 is -0.826. The van der Waals surface area contributed by atoms with Gasteiger partial charge in [-0.2, -0.15) is 0 Å². The molecule has 0 aliphatic heterocycles. The van der Waals surface area contributed by atoms with E-state index in [1.54, 1.807) is 11.1 Å². The van der Waals surface area contributed by atoms with Crippen molar-refractivity contribution in [2.75, 3.05) is 0 Å². The van der Waals surface area contributed by atoms with Crippen molar-refractivity contribution in [2.24, 2.45) is 41.4 Å². The van der Waals surface area contributed by atoms with Gasteiger partial charge in [-0.1, -0.05) is 173 Å². The van der Waals surface area contributed by atoms with E-state index in [1.165, 1.54) is 47.2 Å². The fourth-order valence-corrected chi connectivity index (χ4v) is 19.0. The Labute approximate surface area is 341 Å². The molecule has 284 valence electrons. The molecule has 0 spiro atoms. The summed E-state index contributed by atoms with van der Waals surface area (Å²) in [5.41, 5.74) is 11.0. The molecule has 4 aliphatic carbocycles. The van der Waals surface area contributed by atoms with Crippen LogP contribution < -0.4 is 0 Å². The normalized spacial score (nSPS) is 28.0. The van der Waals surface area contributed by atoms with Gasteiger partial charge in [0.25, 0.3) is 0 Å². The van der Waals surface area contributed by atoms with Gasteiger partial charge in [0.1, 0.15) is 0 Å². The van der Waals surface area contributed by atoms with Crippen LogP contribution in [0.4, 0.5) is 0 Å². The van der Waals surface area contributed by atoms with Gasteiger partial charge in [0, 0.05) is 0 Å². The van der Waals surface area contributed by atoms with Crippen molar-refractivity contribution in [3.05, 3.63) is 122 Å². The summed E-state index contributed by atoms with van der Waals surface area (Å²) in [6.45, 7) is 26.9. The van der Waals surface area contributed by atoms with Crippen LogP contribution in [0.15, 0.2) is 85.0 Å². The number of allylic oxidation sites excluding steroid dienone is 8. The van der Waals surface area contributed by atoms with Gasteiger partial charge in [-0.25, -0.2) is 0 Å². The van der Waals surface area contributed by atoms with Crippen molar-refractivity contribution in [2.45, 2.75) is 123 Å². The Bertz CT molecular complexity index is 1560. The van der Waals surface area contributed by atoms with Crippen LogP contribution in [-0.2, 0) is 31.7 Å². The molecule has 2 saturated carbocycles. The van der Waals surface area contributed by atoms with Gasteiger partial charge in [-0.15, -0.1) is 0 Å². The van der Waals surface area contributed by atoms with Crippen LogP contribution in [0.2, 0.25) is 23.2 Å². The third-order valence-electron chi connectivity index (χ3n) is 13.7. The van der Waals surface area contributed by atoms with Gasteiger partial charge in [0.05, 0.1) is 8.07 Å². The first-order valence-corrected chi connectivity index (χ1v) is 28.5. The Morgan fingerprint density at radius 1 is 0.673 bits per heavy atom. The number of rotatable bonds is 7. The molecule has 8 atom stereocenters. The summed E-state index contributed by atoms with van der Waals surface area (Å²) in [7, 11) is 8.10. The Morgan fingerprint density at radius 2 is 1.06 bits per heavy atom. The Balaban J connectivity index is 0.00000141. The van der Waals surface area contributed by atoms with Gasteiger partial charge in [-0.05, 0) is 110 Å². The van der Waals surface area contributed by atoms with Crippen LogP contribution in [-0.4, -0.2) is 8.07 Å². The van der Waals surface area contributed by atoms with Crippen LogP contribution in [0.5, 0.6) is 0 Å². The molecule has 0 nitrogen and oxygen atoms in total. The van der Waals surface area contributed by atoms with Gasteiger partial charge < -0.3 is 14.9 Å². The number of fused-ring (bicyclic) bond motifs is 2. The van der Waals surface area contributed by atoms with E-state index in [4.69, 9.17) is 17.0 Å². The molecule has 8 unspecified atom stereocenters. The van der Waals surface area contributed by atoms with E-state index < -0.39 is 28.9 Å². The molecule has 2 aromatic rings. The molecular formula is C48H70Cl2SiZr. The van der Waals surface area contributed by atoms with Crippen molar-refractivity contribution < 1.29 is 20.8 Å². The first kappa shape index (κ1) is 45.5. The monoisotopic (exact) mass is 834 g/mol. The molecule has 0 bridgehead atoms.